The molecular formula is C16H16ClFN2O2. The van der Waals surface area contributed by atoms with E-state index in [1.165, 1.54) is 12.3 Å². The molecule has 2 aromatic rings. The fraction of sp³-hybridized carbons (Fsp3) is 0.250. The maximum atomic E-state index is 13.4. The van der Waals surface area contributed by atoms with Crippen molar-refractivity contribution < 1.29 is 13.9 Å². The molecule has 4 nitrogen and oxygen atoms in total. The standard InChI is InChI=1S/C16H16ClFN2O2/c17-14-9-13(15(18)20-10-14)7-4-8-19-16(21)22-11-12-5-2-1-3-6-12/h1-3,5-6,9-10H,4,7-8,11H2,(H,19,21). The molecule has 0 atom stereocenters. The van der Waals surface area contributed by atoms with E-state index in [0.717, 1.165) is 5.56 Å². The number of rotatable bonds is 6. The highest BCUT2D eigenvalue weighted by molar-refractivity contribution is 6.30. The van der Waals surface area contributed by atoms with Gasteiger partial charge in [-0.1, -0.05) is 41.9 Å². The lowest BCUT2D eigenvalue weighted by Gasteiger charge is -2.07. The molecule has 0 bridgehead atoms. The largest absolute Gasteiger partial charge is 0.445 e. The molecule has 0 saturated heterocycles. The van der Waals surface area contributed by atoms with Crippen LogP contribution in [0, 0.1) is 5.95 Å². The van der Waals surface area contributed by atoms with Gasteiger partial charge < -0.3 is 10.1 Å². The topological polar surface area (TPSA) is 51.2 Å². The Kier molecular flexibility index (Phi) is 6.15. The van der Waals surface area contributed by atoms with E-state index in [2.05, 4.69) is 10.3 Å². The monoisotopic (exact) mass is 322 g/mol. The summed E-state index contributed by atoms with van der Waals surface area (Å²) in [6.07, 6.45) is 1.78. The number of amides is 1. The molecule has 1 amide bonds. The van der Waals surface area contributed by atoms with Crippen molar-refractivity contribution in [3.8, 4) is 0 Å². The highest BCUT2D eigenvalue weighted by atomic mass is 35.5. The average Bonchev–Trinajstić information content (AvgIpc) is 2.53. The van der Waals surface area contributed by atoms with Crippen molar-refractivity contribution in [3.63, 3.8) is 0 Å². The molecular weight excluding hydrogens is 307 g/mol. The second-order valence-electron chi connectivity index (χ2n) is 4.70. The summed E-state index contributed by atoms with van der Waals surface area (Å²) >= 11 is 5.76. The van der Waals surface area contributed by atoms with E-state index in [0.29, 0.717) is 30.0 Å². The van der Waals surface area contributed by atoms with Gasteiger partial charge in [-0.3, -0.25) is 0 Å². The lowest BCUT2D eigenvalue weighted by atomic mass is 10.1. The maximum Gasteiger partial charge on any atom is 0.407 e. The molecule has 1 aromatic heterocycles. The van der Waals surface area contributed by atoms with Crippen molar-refractivity contribution in [3.05, 3.63) is 64.7 Å². The zero-order chi connectivity index (χ0) is 15.8. The quantitative estimate of drug-likeness (QED) is 0.651. The molecule has 0 aliphatic heterocycles. The summed E-state index contributed by atoms with van der Waals surface area (Å²) < 4.78 is 18.4. The third-order valence-corrected chi connectivity index (χ3v) is 3.19. The zero-order valence-electron chi connectivity index (χ0n) is 11.9. The number of ether oxygens (including phenoxy) is 1. The van der Waals surface area contributed by atoms with E-state index >= 15 is 0 Å². The van der Waals surface area contributed by atoms with Crippen molar-refractivity contribution in [1.82, 2.24) is 10.3 Å². The SMILES string of the molecule is O=C(NCCCc1cc(Cl)cnc1F)OCc1ccccc1. The highest BCUT2D eigenvalue weighted by Gasteiger charge is 2.06. The molecule has 22 heavy (non-hydrogen) atoms. The van der Waals surface area contributed by atoms with E-state index in [9.17, 15) is 9.18 Å². The number of hydrogen-bond acceptors (Lipinski definition) is 3. The van der Waals surface area contributed by atoms with Crippen LogP contribution in [0.4, 0.5) is 9.18 Å². The van der Waals surface area contributed by atoms with Gasteiger partial charge in [0.1, 0.15) is 6.61 Å². The molecule has 1 N–H and O–H groups in total. The first-order chi connectivity index (χ1) is 10.6. The number of nitrogens with zero attached hydrogens (tertiary/aromatic N) is 1. The van der Waals surface area contributed by atoms with Gasteiger partial charge in [-0.15, -0.1) is 0 Å². The van der Waals surface area contributed by atoms with E-state index < -0.39 is 12.0 Å². The van der Waals surface area contributed by atoms with E-state index in [4.69, 9.17) is 16.3 Å². The molecule has 0 radical (unpaired) electrons. The van der Waals surface area contributed by atoms with Crippen molar-refractivity contribution in [2.45, 2.75) is 19.4 Å². The van der Waals surface area contributed by atoms with E-state index in [1.807, 2.05) is 30.3 Å². The Labute approximate surface area is 133 Å². The fourth-order valence-electron chi connectivity index (χ4n) is 1.88. The smallest absolute Gasteiger partial charge is 0.407 e. The molecule has 1 heterocycles. The third kappa shape index (κ3) is 5.33. The van der Waals surface area contributed by atoms with Crippen molar-refractivity contribution in [1.29, 1.82) is 0 Å². The summed E-state index contributed by atoms with van der Waals surface area (Å²) in [7, 11) is 0. The number of alkyl carbamates (subject to hydrolysis) is 1. The second-order valence-corrected chi connectivity index (χ2v) is 5.13. The fourth-order valence-corrected chi connectivity index (χ4v) is 2.06. The van der Waals surface area contributed by atoms with Crippen LogP contribution in [0.5, 0.6) is 0 Å². The third-order valence-electron chi connectivity index (χ3n) is 2.98. The number of carbonyl (C=O) groups is 1. The number of aryl methyl sites for hydroxylation is 1. The molecule has 0 aliphatic rings. The molecule has 0 spiro atoms. The lowest BCUT2D eigenvalue weighted by molar-refractivity contribution is 0.139. The van der Waals surface area contributed by atoms with Crippen LogP contribution in [0.25, 0.3) is 0 Å². The van der Waals surface area contributed by atoms with E-state index in [1.54, 1.807) is 0 Å². The number of benzene rings is 1. The van der Waals surface area contributed by atoms with Gasteiger partial charge in [0.05, 0.1) is 5.02 Å². The van der Waals surface area contributed by atoms with Gasteiger partial charge in [0.2, 0.25) is 5.95 Å². The van der Waals surface area contributed by atoms with Gasteiger partial charge in [-0.2, -0.15) is 4.39 Å². The van der Waals surface area contributed by atoms with Gasteiger partial charge in [0, 0.05) is 18.3 Å². The number of carbonyl (C=O) groups excluding carboxylic acids is 1. The van der Waals surface area contributed by atoms with Crippen molar-refractivity contribution in [2.75, 3.05) is 6.54 Å². The Hall–Kier alpha value is -2.14. The van der Waals surface area contributed by atoms with Crippen LogP contribution < -0.4 is 5.32 Å². The summed E-state index contributed by atoms with van der Waals surface area (Å²) in [5.74, 6) is -0.531. The van der Waals surface area contributed by atoms with Gasteiger partial charge in [-0.05, 0) is 24.5 Å². The summed E-state index contributed by atoms with van der Waals surface area (Å²) in [6.45, 7) is 0.610. The first-order valence-corrected chi connectivity index (χ1v) is 7.27. The lowest BCUT2D eigenvalue weighted by Crippen LogP contribution is -2.25. The number of aromatic nitrogens is 1. The molecule has 2 rings (SSSR count). The molecule has 0 aliphatic carbocycles. The predicted molar refractivity (Wildman–Crippen MR) is 82.2 cm³/mol. The first-order valence-electron chi connectivity index (χ1n) is 6.89. The number of hydrogen-bond donors (Lipinski definition) is 1. The minimum atomic E-state index is -0.531. The van der Waals surface area contributed by atoms with Crippen LogP contribution in [0.15, 0.2) is 42.6 Å². The predicted octanol–water partition coefficient (Wildman–Crippen LogP) is 3.73. The Balaban J connectivity index is 1.66. The molecule has 0 saturated carbocycles. The molecule has 0 fully saturated rings. The molecule has 0 unspecified atom stereocenters. The zero-order valence-corrected chi connectivity index (χ0v) is 12.6. The molecule has 116 valence electrons. The summed E-state index contributed by atoms with van der Waals surface area (Å²) in [5, 5.41) is 3.02. The Morgan fingerprint density at radius 2 is 2.09 bits per heavy atom. The van der Waals surface area contributed by atoms with Gasteiger partial charge in [0.25, 0.3) is 0 Å². The van der Waals surface area contributed by atoms with Crippen LogP contribution in [-0.2, 0) is 17.8 Å². The van der Waals surface area contributed by atoms with Gasteiger partial charge in [-0.25, -0.2) is 9.78 Å². The number of pyridine rings is 1. The van der Waals surface area contributed by atoms with Crippen LogP contribution in [0.2, 0.25) is 5.02 Å². The summed E-state index contributed by atoms with van der Waals surface area (Å²) in [6, 6.07) is 10.9. The first kappa shape index (κ1) is 16.2. The van der Waals surface area contributed by atoms with Crippen LogP contribution in [-0.4, -0.2) is 17.6 Å². The Bertz CT molecular complexity index is 623. The van der Waals surface area contributed by atoms with Gasteiger partial charge in [0.15, 0.2) is 0 Å². The molecule has 6 heteroatoms. The summed E-state index contributed by atoms with van der Waals surface area (Å²) in [4.78, 5) is 15.1. The van der Waals surface area contributed by atoms with Crippen molar-refractivity contribution >= 4 is 17.7 Å². The van der Waals surface area contributed by atoms with Crippen molar-refractivity contribution in [2.24, 2.45) is 0 Å². The Morgan fingerprint density at radius 3 is 2.86 bits per heavy atom. The average molecular weight is 323 g/mol. The second kappa shape index (κ2) is 8.34. The Morgan fingerprint density at radius 1 is 1.32 bits per heavy atom. The van der Waals surface area contributed by atoms with E-state index in [-0.39, 0.29) is 6.61 Å². The van der Waals surface area contributed by atoms with Gasteiger partial charge >= 0.3 is 6.09 Å². The number of halogens is 2. The summed E-state index contributed by atoms with van der Waals surface area (Å²) in [5.41, 5.74) is 1.36. The minimum absolute atomic E-state index is 0.222. The van der Waals surface area contributed by atoms with Crippen LogP contribution in [0.3, 0.4) is 0 Å². The minimum Gasteiger partial charge on any atom is -0.445 e. The normalized spacial score (nSPS) is 10.3. The number of nitrogens with one attached hydrogen (secondary N) is 1. The molecule has 1 aromatic carbocycles. The van der Waals surface area contributed by atoms with Crippen LogP contribution >= 0.6 is 11.6 Å². The van der Waals surface area contributed by atoms with Crippen LogP contribution in [0.1, 0.15) is 17.5 Å². The maximum absolute atomic E-state index is 13.4. The highest BCUT2D eigenvalue weighted by Crippen LogP contribution is 2.13.